The Morgan fingerprint density at radius 3 is 2.78 bits per heavy atom. The zero-order valence-corrected chi connectivity index (χ0v) is 10.3. The highest BCUT2D eigenvalue weighted by atomic mass is 35.5. The summed E-state index contributed by atoms with van der Waals surface area (Å²) >= 11 is 5.85. The van der Waals surface area contributed by atoms with Gasteiger partial charge >= 0.3 is 5.97 Å². The van der Waals surface area contributed by atoms with Crippen LogP contribution in [-0.2, 0) is 6.54 Å². The maximum Gasteiger partial charge on any atom is 0.335 e. The molecule has 1 aromatic carbocycles. The van der Waals surface area contributed by atoms with Crippen LogP contribution in [0.15, 0.2) is 24.4 Å². The molecule has 2 aromatic rings. The molecule has 0 aliphatic carbocycles. The summed E-state index contributed by atoms with van der Waals surface area (Å²) in [5.41, 5.74) is 0.948. The van der Waals surface area contributed by atoms with Crippen LogP contribution in [0, 0.1) is 12.7 Å². The second-order valence-electron chi connectivity index (χ2n) is 3.87. The van der Waals surface area contributed by atoms with E-state index >= 15 is 0 Å². The van der Waals surface area contributed by atoms with Crippen LogP contribution in [0.4, 0.5) is 4.39 Å². The fourth-order valence-corrected chi connectivity index (χ4v) is 1.71. The summed E-state index contributed by atoms with van der Waals surface area (Å²) in [6, 6.07) is 3.79. The number of hydrogen-bond acceptors (Lipinski definition) is 2. The van der Waals surface area contributed by atoms with Crippen molar-refractivity contribution in [1.29, 1.82) is 0 Å². The average Bonchev–Trinajstić information content (AvgIpc) is 2.61. The fraction of sp³-hybridized carbons (Fsp3) is 0.167. The van der Waals surface area contributed by atoms with Crippen molar-refractivity contribution >= 4 is 17.6 Å². The summed E-state index contributed by atoms with van der Waals surface area (Å²) in [5.74, 6) is -1.72. The summed E-state index contributed by atoms with van der Waals surface area (Å²) in [4.78, 5) is 10.7. The van der Waals surface area contributed by atoms with Crippen molar-refractivity contribution in [3.8, 4) is 0 Å². The molecule has 0 fully saturated rings. The van der Waals surface area contributed by atoms with E-state index in [0.29, 0.717) is 16.3 Å². The summed E-state index contributed by atoms with van der Waals surface area (Å²) < 4.78 is 15.2. The van der Waals surface area contributed by atoms with Gasteiger partial charge in [0.25, 0.3) is 0 Å². The first-order valence-electron chi connectivity index (χ1n) is 5.18. The van der Waals surface area contributed by atoms with Gasteiger partial charge in [0.2, 0.25) is 0 Å². The maximum atomic E-state index is 13.7. The number of aromatic carboxylic acids is 1. The third kappa shape index (κ3) is 2.51. The van der Waals surface area contributed by atoms with E-state index in [-0.39, 0.29) is 12.1 Å². The van der Waals surface area contributed by atoms with Crippen molar-refractivity contribution < 1.29 is 14.3 Å². The number of rotatable bonds is 3. The van der Waals surface area contributed by atoms with E-state index < -0.39 is 11.8 Å². The Morgan fingerprint density at radius 2 is 2.28 bits per heavy atom. The predicted molar refractivity (Wildman–Crippen MR) is 64.4 cm³/mol. The summed E-state index contributed by atoms with van der Waals surface area (Å²) in [7, 11) is 0. The number of aryl methyl sites for hydroxylation is 1. The molecule has 1 N–H and O–H groups in total. The lowest BCUT2D eigenvalue weighted by molar-refractivity contribution is 0.0696. The van der Waals surface area contributed by atoms with E-state index in [9.17, 15) is 9.18 Å². The van der Waals surface area contributed by atoms with E-state index in [2.05, 4.69) is 5.10 Å². The van der Waals surface area contributed by atoms with E-state index in [1.807, 2.05) is 0 Å². The molecule has 4 nitrogen and oxygen atoms in total. The van der Waals surface area contributed by atoms with Gasteiger partial charge in [0.15, 0.2) is 0 Å². The topological polar surface area (TPSA) is 55.1 Å². The van der Waals surface area contributed by atoms with Crippen LogP contribution in [0.3, 0.4) is 0 Å². The van der Waals surface area contributed by atoms with Crippen molar-refractivity contribution in [2.45, 2.75) is 13.5 Å². The van der Waals surface area contributed by atoms with Crippen molar-refractivity contribution in [3.05, 3.63) is 52.1 Å². The van der Waals surface area contributed by atoms with Crippen molar-refractivity contribution in [2.75, 3.05) is 0 Å². The van der Waals surface area contributed by atoms with Crippen molar-refractivity contribution in [2.24, 2.45) is 0 Å². The number of nitrogens with zero attached hydrogens (tertiary/aromatic N) is 2. The molecular formula is C12H10ClFN2O2. The normalized spacial score (nSPS) is 10.6. The number of hydrogen-bond donors (Lipinski definition) is 1. The number of benzene rings is 1. The third-order valence-corrected chi connectivity index (χ3v) is 2.89. The van der Waals surface area contributed by atoms with Crippen LogP contribution < -0.4 is 0 Å². The molecule has 0 unspecified atom stereocenters. The maximum absolute atomic E-state index is 13.7. The Kier molecular flexibility index (Phi) is 3.34. The van der Waals surface area contributed by atoms with Crippen LogP contribution in [0.5, 0.6) is 0 Å². The van der Waals surface area contributed by atoms with Crippen LogP contribution in [0.2, 0.25) is 5.02 Å². The first-order valence-corrected chi connectivity index (χ1v) is 5.56. The number of carboxylic acids is 1. The van der Waals surface area contributed by atoms with Gasteiger partial charge in [-0.2, -0.15) is 5.10 Å². The van der Waals surface area contributed by atoms with Gasteiger partial charge in [-0.25, -0.2) is 9.18 Å². The van der Waals surface area contributed by atoms with Gasteiger partial charge in [-0.15, -0.1) is 0 Å². The Morgan fingerprint density at radius 1 is 1.56 bits per heavy atom. The van der Waals surface area contributed by atoms with Crippen molar-refractivity contribution in [3.63, 3.8) is 0 Å². The molecule has 0 saturated carbocycles. The molecule has 0 aliphatic heterocycles. The fourth-order valence-electron chi connectivity index (χ4n) is 1.56. The van der Waals surface area contributed by atoms with Gasteiger partial charge in [0.05, 0.1) is 22.8 Å². The van der Waals surface area contributed by atoms with Crippen LogP contribution in [-0.4, -0.2) is 20.9 Å². The number of aromatic nitrogens is 2. The zero-order valence-electron chi connectivity index (χ0n) is 9.52. The molecule has 94 valence electrons. The quantitative estimate of drug-likeness (QED) is 0.931. The van der Waals surface area contributed by atoms with E-state index in [4.69, 9.17) is 16.7 Å². The third-order valence-electron chi connectivity index (χ3n) is 2.52. The molecule has 6 heteroatoms. The van der Waals surface area contributed by atoms with Gasteiger partial charge in [-0.05, 0) is 19.1 Å². The number of carboxylic acid groups (broad SMARTS) is 1. The highest BCUT2D eigenvalue weighted by Gasteiger charge is 2.10. The highest BCUT2D eigenvalue weighted by molar-refractivity contribution is 6.31. The van der Waals surface area contributed by atoms with Crippen molar-refractivity contribution in [1.82, 2.24) is 9.78 Å². The number of halogens is 2. The minimum Gasteiger partial charge on any atom is -0.478 e. The van der Waals surface area contributed by atoms with Gasteiger partial charge in [0.1, 0.15) is 5.82 Å². The molecule has 0 saturated heterocycles. The molecule has 0 radical (unpaired) electrons. The standard InChI is InChI=1S/C12H10ClFN2O2/c1-7-10(13)6-16(15-7)5-9-3-2-8(12(17)18)4-11(9)14/h2-4,6H,5H2,1H3,(H,17,18). The van der Waals surface area contributed by atoms with Gasteiger partial charge in [0, 0.05) is 11.8 Å². The lowest BCUT2D eigenvalue weighted by Gasteiger charge is -2.04. The predicted octanol–water partition coefficient (Wildman–Crippen LogP) is 2.73. The second-order valence-corrected chi connectivity index (χ2v) is 4.28. The molecule has 0 spiro atoms. The zero-order chi connectivity index (χ0) is 13.3. The molecule has 0 atom stereocenters. The smallest absolute Gasteiger partial charge is 0.335 e. The Labute approximate surface area is 108 Å². The molecule has 2 rings (SSSR count). The van der Waals surface area contributed by atoms with E-state index in [0.717, 1.165) is 6.07 Å². The lowest BCUT2D eigenvalue weighted by atomic mass is 10.1. The first-order chi connectivity index (χ1) is 8.47. The van der Waals surface area contributed by atoms with Gasteiger partial charge < -0.3 is 5.11 Å². The highest BCUT2D eigenvalue weighted by Crippen LogP contribution is 2.16. The van der Waals surface area contributed by atoms with Crippen LogP contribution >= 0.6 is 11.6 Å². The molecule has 1 heterocycles. The minimum atomic E-state index is -1.15. The largest absolute Gasteiger partial charge is 0.478 e. The van der Waals surface area contributed by atoms with Crippen LogP contribution in [0.25, 0.3) is 0 Å². The SMILES string of the molecule is Cc1nn(Cc2ccc(C(=O)O)cc2F)cc1Cl. The molecule has 0 amide bonds. The molecule has 0 aliphatic rings. The minimum absolute atomic E-state index is 0.0778. The van der Waals surface area contributed by atoms with E-state index in [1.165, 1.54) is 16.8 Å². The molecule has 18 heavy (non-hydrogen) atoms. The molecule has 0 bridgehead atoms. The monoisotopic (exact) mass is 268 g/mol. The summed E-state index contributed by atoms with van der Waals surface area (Å²) in [6.45, 7) is 1.96. The Hall–Kier alpha value is -1.88. The Balaban J connectivity index is 2.27. The lowest BCUT2D eigenvalue weighted by Crippen LogP contribution is -2.05. The first kappa shape index (κ1) is 12.6. The number of carbonyl (C=O) groups is 1. The molecular weight excluding hydrogens is 259 g/mol. The van der Waals surface area contributed by atoms with E-state index in [1.54, 1.807) is 13.1 Å². The average molecular weight is 269 g/mol. The summed E-state index contributed by atoms with van der Waals surface area (Å²) in [6.07, 6.45) is 1.60. The Bertz CT molecular complexity index is 591. The second kappa shape index (κ2) is 4.78. The van der Waals surface area contributed by atoms with Crippen LogP contribution in [0.1, 0.15) is 21.6 Å². The summed E-state index contributed by atoms with van der Waals surface area (Å²) in [5, 5.41) is 13.3. The van der Waals surface area contributed by atoms with Gasteiger partial charge in [-0.3, -0.25) is 4.68 Å². The van der Waals surface area contributed by atoms with Gasteiger partial charge in [-0.1, -0.05) is 17.7 Å². The molecule has 1 aromatic heterocycles.